The highest BCUT2D eigenvalue weighted by molar-refractivity contribution is 6.01. The van der Waals surface area contributed by atoms with E-state index in [4.69, 9.17) is 28.4 Å². The van der Waals surface area contributed by atoms with Crippen LogP contribution in [0.15, 0.2) is 162 Å². The summed E-state index contributed by atoms with van der Waals surface area (Å²) >= 11 is 0. The molecule has 4 aromatic heterocycles. The Labute approximate surface area is 452 Å². The summed E-state index contributed by atoms with van der Waals surface area (Å²) in [6.45, 7) is 8.11. The zero-order chi connectivity index (χ0) is 53.6. The fraction of sp³-hybridized carbons (Fsp3) is 0.222. The van der Waals surface area contributed by atoms with Crippen molar-refractivity contribution in [2.45, 2.75) is 67.5 Å². The molecule has 0 aliphatic carbocycles. The smallest absolute Gasteiger partial charge is 0.200 e. The lowest BCUT2D eigenvalue weighted by Crippen LogP contribution is -2.21. The molecule has 0 atom stereocenters. The molecule has 400 valence electrons. The van der Waals surface area contributed by atoms with Crippen molar-refractivity contribution in [1.29, 1.82) is 0 Å². The van der Waals surface area contributed by atoms with E-state index in [-0.39, 0.29) is 73.3 Å². The number of carbonyl (C=O) groups is 2. The number of ketones is 2. The van der Waals surface area contributed by atoms with E-state index in [9.17, 15) is 19.2 Å². The second kappa shape index (κ2) is 24.5. The fourth-order valence-corrected chi connectivity index (χ4v) is 9.00. The number of carbonyl (C=O) groups excluding carboxylic acids is 2. The van der Waals surface area contributed by atoms with Crippen molar-refractivity contribution in [1.82, 2.24) is 24.3 Å². The minimum atomic E-state index is -0.244. The monoisotopic (exact) mass is 1050 g/mol. The van der Waals surface area contributed by atoms with Crippen LogP contribution in [0.4, 0.5) is 0 Å². The number of benzene rings is 6. The van der Waals surface area contributed by atoms with Crippen molar-refractivity contribution < 1.29 is 38.0 Å². The number of fused-ring (bicyclic) bond motifs is 4. The van der Waals surface area contributed by atoms with E-state index >= 15 is 0 Å². The number of para-hydroxylation sites is 2. The third-order valence-corrected chi connectivity index (χ3v) is 12.9. The molecule has 0 aliphatic heterocycles. The minimum Gasteiger partial charge on any atom is -0.493 e. The summed E-state index contributed by atoms with van der Waals surface area (Å²) in [5, 5.41) is 10.8. The van der Waals surface area contributed by atoms with Crippen LogP contribution in [0.3, 0.4) is 0 Å². The van der Waals surface area contributed by atoms with E-state index in [0.717, 1.165) is 32.9 Å². The highest BCUT2D eigenvalue weighted by Crippen LogP contribution is 2.38. The van der Waals surface area contributed by atoms with E-state index < -0.39 is 0 Å². The van der Waals surface area contributed by atoms with Gasteiger partial charge in [0.2, 0.25) is 0 Å². The zero-order valence-electron chi connectivity index (χ0n) is 43.3. The lowest BCUT2D eigenvalue weighted by molar-refractivity contribution is 0.0983. The van der Waals surface area contributed by atoms with Gasteiger partial charge in [0.25, 0.3) is 0 Å². The van der Waals surface area contributed by atoms with Gasteiger partial charge in [0.1, 0.15) is 22.8 Å². The Morgan fingerprint density at radius 1 is 0.487 bits per heavy atom. The van der Waals surface area contributed by atoms with Crippen molar-refractivity contribution in [2.75, 3.05) is 28.4 Å². The fourth-order valence-electron chi connectivity index (χ4n) is 9.00. The molecule has 0 saturated carbocycles. The van der Waals surface area contributed by atoms with Crippen LogP contribution in [-0.4, -0.2) is 64.3 Å². The van der Waals surface area contributed by atoms with Gasteiger partial charge in [0, 0.05) is 71.8 Å². The average molecular weight is 1050 g/mol. The predicted octanol–water partition coefficient (Wildman–Crippen LogP) is 13.4. The van der Waals surface area contributed by atoms with Crippen LogP contribution in [0.1, 0.15) is 86.5 Å². The van der Waals surface area contributed by atoms with E-state index in [1.807, 2.05) is 116 Å². The molecule has 4 heterocycles. The first-order chi connectivity index (χ1) is 36.8. The van der Waals surface area contributed by atoms with Crippen LogP contribution in [0.5, 0.6) is 46.0 Å². The Bertz CT molecular complexity index is 3670. The lowest BCUT2D eigenvalue weighted by atomic mass is 10.0. The molecule has 0 radical (unpaired) electrons. The normalized spacial score (nSPS) is 10.9. The summed E-state index contributed by atoms with van der Waals surface area (Å²) in [7, 11) is 6.28. The lowest BCUT2D eigenvalue weighted by Gasteiger charge is -2.16. The van der Waals surface area contributed by atoms with E-state index in [1.165, 1.54) is 6.20 Å². The molecule has 0 fully saturated rings. The predicted molar refractivity (Wildman–Crippen MR) is 307 cm³/mol. The first kappa shape index (κ1) is 56.4. The molecule has 10 aromatic rings. The molecule has 15 heteroatoms. The molecule has 10 rings (SSSR count). The summed E-state index contributed by atoms with van der Waals surface area (Å²) in [4.78, 5) is 57.0. The van der Waals surface area contributed by atoms with Gasteiger partial charge in [-0.3, -0.25) is 24.2 Å². The Kier molecular flexibility index (Phi) is 17.7. The molecular formula is C63H63N5O10. The van der Waals surface area contributed by atoms with Crippen LogP contribution in [0, 0.1) is 0 Å². The van der Waals surface area contributed by atoms with Gasteiger partial charge in [-0.2, -0.15) is 10.2 Å². The molecule has 0 aliphatic rings. The SMILES string of the molecule is C.C.COc1cc2nccc(Oc3ccc(CC(=O)c4cn(C(C)C)c5ccccc5c4=O)cc3)c2cc1OC.COc1cc2nncc(Oc3ccc(CC(=O)c4cn(C(C)C)c5ccccc5c4=O)cc3)c2cc1OC. The van der Waals surface area contributed by atoms with Crippen molar-refractivity contribution >= 4 is 55.2 Å². The number of Topliss-reactive ketones (excluding diaryl/α,β-unsaturated/α-hetero) is 2. The van der Waals surface area contributed by atoms with Gasteiger partial charge in [-0.05, 0) is 106 Å². The largest absolute Gasteiger partial charge is 0.493 e. The van der Waals surface area contributed by atoms with E-state index in [1.54, 1.807) is 95.6 Å². The number of hydrogen-bond acceptors (Lipinski definition) is 13. The van der Waals surface area contributed by atoms with Crippen LogP contribution in [0.2, 0.25) is 0 Å². The number of methoxy groups -OCH3 is 4. The number of hydrogen-bond donors (Lipinski definition) is 0. The topological polar surface area (TPSA) is 172 Å². The highest BCUT2D eigenvalue weighted by Gasteiger charge is 2.20. The molecule has 78 heavy (non-hydrogen) atoms. The van der Waals surface area contributed by atoms with Crippen LogP contribution < -0.4 is 39.3 Å². The Morgan fingerprint density at radius 3 is 1.35 bits per heavy atom. The van der Waals surface area contributed by atoms with Gasteiger partial charge in [-0.15, -0.1) is 0 Å². The number of nitrogens with zero attached hydrogens (tertiary/aromatic N) is 5. The summed E-state index contributed by atoms with van der Waals surface area (Å²) in [5.74, 6) is 4.12. The van der Waals surface area contributed by atoms with Gasteiger partial charge in [-0.25, -0.2) is 0 Å². The van der Waals surface area contributed by atoms with Crippen molar-refractivity contribution in [3.05, 3.63) is 195 Å². The first-order valence-corrected chi connectivity index (χ1v) is 24.5. The molecule has 0 amide bonds. The molecule has 0 N–H and O–H groups in total. The van der Waals surface area contributed by atoms with Gasteiger partial charge >= 0.3 is 0 Å². The number of aromatic nitrogens is 5. The first-order valence-electron chi connectivity index (χ1n) is 24.5. The van der Waals surface area contributed by atoms with Gasteiger partial charge in [-0.1, -0.05) is 63.4 Å². The Morgan fingerprint density at radius 2 is 0.897 bits per heavy atom. The van der Waals surface area contributed by atoms with Crippen LogP contribution in [-0.2, 0) is 12.8 Å². The maximum Gasteiger partial charge on any atom is 0.200 e. The molecular weight excluding hydrogens is 987 g/mol. The summed E-state index contributed by atoms with van der Waals surface area (Å²) in [5.41, 5.74) is 4.43. The van der Waals surface area contributed by atoms with Crippen molar-refractivity contribution in [3.8, 4) is 46.0 Å². The standard InChI is InChI=1S/C31H28N2O5.C30H27N3O5.2CH4/c1-19(2)33-18-24(31(35)22-7-5-6-8-26(22)33)27(34)15-20-9-11-21(12-10-20)38-28-13-14-32-25-17-30(37-4)29(36-3)16-23(25)28;1-18(2)33-17-23(30(35)21-7-5-6-8-25(21)33)26(34)13-19-9-11-20(12-10-19)38-29-16-31-32-24-15-28(37-4)27(36-3)14-22(24)29;;/h5-14,16-19H,15H2,1-4H3;5-12,14-18H,13H2,1-4H3;2*1H4. The molecule has 6 aromatic carbocycles. The third kappa shape index (κ3) is 11.7. The number of rotatable bonds is 16. The van der Waals surface area contributed by atoms with Crippen LogP contribution in [0.25, 0.3) is 43.6 Å². The summed E-state index contributed by atoms with van der Waals surface area (Å²) in [6, 6.07) is 38.4. The van der Waals surface area contributed by atoms with Crippen molar-refractivity contribution in [3.63, 3.8) is 0 Å². The molecule has 0 bridgehead atoms. The maximum atomic E-state index is 13.2. The van der Waals surface area contributed by atoms with Gasteiger partial charge in [0.05, 0.1) is 67.7 Å². The quantitative estimate of drug-likeness (QED) is 0.0838. The van der Waals surface area contributed by atoms with E-state index in [2.05, 4.69) is 15.2 Å². The van der Waals surface area contributed by atoms with Gasteiger partial charge < -0.3 is 37.6 Å². The van der Waals surface area contributed by atoms with E-state index in [0.29, 0.717) is 67.8 Å². The second-order valence-corrected chi connectivity index (χ2v) is 18.4. The second-order valence-electron chi connectivity index (χ2n) is 18.4. The number of ether oxygens (including phenoxy) is 6. The zero-order valence-corrected chi connectivity index (χ0v) is 43.3. The average Bonchev–Trinajstić information content (AvgIpc) is 3.47. The molecule has 0 spiro atoms. The summed E-state index contributed by atoms with van der Waals surface area (Å²) < 4.78 is 37.7. The molecule has 0 saturated heterocycles. The molecule has 15 nitrogen and oxygen atoms in total. The van der Waals surface area contributed by atoms with Gasteiger partial charge in [0.15, 0.2) is 51.2 Å². The van der Waals surface area contributed by atoms with Crippen LogP contribution >= 0.6 is 0 Å². The third-order valence-electron chi connectivity index (χ3n) is 12.9. The Balaban J connectivity index is 0.000000220. The maximum absolute atomic E-state index is 13.2. The molecule has 0 unspecified atom stereocenters. The Hall–Kier alpha value is -9.37. The summed E-state index contributed by atoms with van der Waals surface area (Å²) in [6.07, 6.45) is 6.78. The van der Waals surface area contributed by atoms with Crippen molar-refractivity contribution in [2.24, 2.45) is 0 Å². The minimum absolute atomic E-state index is 0. The highest BCUT2D eigenvalue weighted by atomic mass is 16.5. The number of pyridine rings is 3.